The van der Waals surface area contributed by atoms with Crippen molar-refractivity contribution in [3.05, 3.63) is 117 Å². The van der Waals surface area contributed by atoms with E-state index in [0.717, 1.165) is 29.5 Å². The first-order valence-corrected chi connectivity index (χ1v) is 15.1. The summed E-state index contributed by atoms with van der Waals surface area (Å²) in [4.78, 5) is 39.7. The van der Waals surface area contributed by atoms with Crippen molar-refractivity contribution in [3.63, 3.8) is 0 Å². The largest absolute Gasteiger partial charge is 0.418 e. The number of anilines is 2. The van der Waals surface area contributed by atoms with Crippen LogP contribution in [0.4, 0.5) is 24.5 Å². The number of nitrogens with one attached hydrogen (secondary N) is 3. The molecule has 1 atom stereocenters. The van der Waals surface area contributed by atoms with E-state index >= 15 is 0 Å². The number of thioether (sulfide) groups is 1. The Morgan fingerprint density at radius 2 is 1.74 bits per heavy atom. The van der Waals surface area contributed by atoms with Gasteiger partial charge in [-0.05, 0) is 83.4 Å². The van der Waals surface area contributed by atoms with Crippen molar-refractivity contribution < 1.29 is 27.6 Å². The fourth-order valence-electron chi connectivity index (χ4n) is 3.87. The summed E-state index contributed by atoms with van der Waals surface area (Å²) in [6.07, 6.45) is -2.82. The Morgan fingerprint density at radius 3 is 2.42 bits per heavy atom. The lowest BCUT2D eigenvalue weighted by atomic mass is 10.1. The van der Waals surface area contributed by atoms with Gasteiger partial charge in [0.25, 0.3) is 11.8 Å². The molecule has 3 aromatic carbocycles. The second-order valence-electron chi connectivity index (χ2n) is 9.11. The maximum atomic E-state index is 13.5. The van der Waals surface area contributed by atoms with Crippen molar-refractivity contribution in [3.8, 4) is 0 Å². The van der Waals surface area contributed by atoms with Crippen molar-refractivity contribution >= 4 is 69.9 Å². The van der Waals surface area contributed by atoms with Gasteiger partial charge in [-0.3, -0.25) is 14.4 Å². The molecule has 0 fully saturated rings. The molecule has 3 N–H and O–H groups in total. The Bertz CT molecular complexity index is 1630. The molecule has 3 amide bonds. The van der Waals surface area contributed by atoms with E-state index in [-0.39, 0.29) is 16.4 Å². The lowest BCUT2D eigenvalue weighted by molar-refractivity contribution is -0.137. The number of halogens is 4. The highest BCUT2D eigenvalue weighted by Gasteiger charge is 2.34. The van der Waals surface area contributed by atoms with Crippen LogP contribution in [0, 0.1) is 0 Å². The Labute approximate surface area is 259 Å². The van der Waals surface area contributed by atoms with Gasteiger partial charge in [0.1, 0.15) is 5.70 Å². The number of hydrogen-bond donors (Lipinski definition) is 3. The third-order valence-electron chi connectivity index (χ3n) is 5.96. The SMILES string of the molecule is CCC(Sc1cccc(NC(=O)/C(=C/c2ccsc2)NC(=O)c2ccccc2)c1)C(=O)Nc1ccc(Cl)cc1C(F)(F)F. The second kappa shape index (κ2) is 14.4. The molecule has 0 bridgehead atoms. The van der Waals surface area contributed by atoms with Gasteiger partial charge in [0.2, 0.25) is 5.91 Å². The van der Waals surface area contributed by atoms with Gasteiger partial charge in [0.05, 0.1) is 16.5 Å². The molecule has 1 unspecified atom stereocenters. The summed E-state index contributed by atoms with van der Waals surface area (Å²) in [5.41, 5.74) is 0.119. The minimum Gasteiger partial charge on any atom is -0.325 e. The smallest absolute Gasteiger partial charge is 0.325 e. The third kappa shape index (κ3) is 8.96. The highest BCUT2D eigenvalue weighted by atomic mass is 35.5. The number of amides is 3. The number of carbonyl (C=O) groups is 3. The first-order chi connectivity index (χ1) is 20.5. The van der Waals surface area contributed by atoms with Gasteiger partial charge in [0.15, 0.2) is 0 Å². The Kier molecular flexibility index (Phi) is 10.7. The van der Waals surface area contributed by atoms with Crippen LogP contribution in [0.1, 0.15) is 34.8 Å². The summed E-state index contributed by atoms with van der Waals surface area (Å²) >= 11 is 8.33. The van der Waals surface area contributed by atoms with Crippen molar-refractivity contribution in [1.82, 2.24) is 5.32 Å². The first kappa shape index (κ1) is 31.9. The van der Waals surface area contributed by atoms with Gasteiger partial charge in [-0.15, -0.1) is 11.8 Å². The van der Waals surface area contributed by atoms with Crippen LogP contribution < -0.4 is 16.0 Å². The summed E-state index contributed by atoms with van der Waals surface area (Å²) in [6, 6.07) is 20.1. The van der Waals surface area contributed by atoms with Crippen molar-refractivity contribution in [2.24, 2.45) is 0 Å². The molecule has 6 nitrogen and oxygen atoms in total. The third-order valence-corrected chi connectivity index (χ3v) is 8.26. The zero-order valence-electron chi connectivity index (χ0n) is 22.6. The van der Waals surface area contributed by atoms with E-state index < -0.39 is 34.7 Å². The van der Waals surface area contributed by atoms with Gasteiger partial charge in [0, 0.05) is 21.2 Å². The maximum Gasteiger partial charge on any atom is 0.418 e. The standard InChI is InChI=1S/C31H25ClF3N3O3S2/c1-2-27(30(41)37-25-12-11-21(32)16-24(25)31(33,34)35)43-23-10-6-9-22(17-23)36-29(40)26(15-19-13-14-42-18-19)38-28(39)20-7-4-3-5-8-20/h3-18,27H,2H2,1H3,(H,36,40)(H,37,41)(H,38,39)/b26-15-. The van der Waals surface area contributed by atoms with Crippen LogP contribution in [0.5, 0.6) is 0 Å². The highest BCUT2D eigenvalue weighted by molar-refractivity contribution is 8.00. The fourth-order valence-corrected chi connectivity index (χ4v) is 5.67. The number of carbonyl (C=O) groups excluding carboxylic acids is 3. The number of rotatable bonds is 10. The van der Waals surface area contributed by atoms with Gasteiger partial charge >= 0.3 is 6.18 Å². The van der Waals surface area contributed by atoms with Gasteiger partial charge in [-0.1, -0.05) is 42.8 Å². The highest BCUT2D eigenvalue weighted by Crippen LogP contribution is 2.37. The van der Waals surface area contributed by atoms with Crippen molar-refractivity contribution in [2.75, 3.05) is 10.6 Å². The molecule has 1 heterocycles. The molecule has 0 aliphatic rings. The molecule has 0 aliphatic carbocycles. The molecule has 222 valence electrons. The zero-order valence-corrected chi connectivity index (χ0v) is 25.0. The molecule has 12 heteroatoms. The van der Waals surface area contributed by atoms with Gasteiger partial charge < -0.3 is 16.0 Å². The predicted molar refractivity (Wildman–Crippen MR) is 166 cm³/mol. The molecular weight excluding hydrogens is 619 g/mol. The quantitative estimate of drug-likeness (QED) is 0.120. The van der Waals surface area contributed by atoms with Crippen LogP contribution in [0.2, 0.25) is 5.02 Å². The van der Waals surface area contributed by atoms with E-state index in [1.807, 2.05) is 16.8 Å². The minimum absolute atomic E-state index is 0.0274. The zero-order chi connectivity index (χ0) is 31.0. The molecule has 0 saturated carbocycles. The maximum absolute atomic E-state index is 13.5. The van der Waals surface area contributed by atoms with E-state index in [9.17, 15) is 27.6 Å². The Morgan fingerprint density at radius 1 is 0.977 bits per heavy atom. The van der Waals surface area contributed by atoms with Gasteiger partial charge in [-0.25, -0.2) is 0 Å². The van der Waals surface area contributed by atoms with E-state index in [0.29, 0.717) is 22.6 Å². The van der Waals surface area contributed by atoms with E-state index in [4.69, 9.17) is 11.6 Å². The molecule has 4 aromatic rings. The fraction of sp³-hybridized carbons (Fsp3) is 0.129. The second-order valence-corrected chi connectivity index (χ2v) is 11.6. The average Bonchev–Trinajstić information content (AvgIpc) is 3.49. The van der Waals surface area contributed by atoms with Crippen LogP contribution >= 0.6 is 34.7 Å². The Balaban J connectivity index is 1.48. The summed E-state index contributed by atoms with van der Waals surface area (Å²) in [5.74, 6) is -1.63. The first-order valence-electron chi connectivity index (χ1n) is 12.9. The lowest BCUT2D eigenvalue weighted by Crippen LogP contribution is -2.30. The van der Waals surface area contributed by atoms with Crippen molar-refractivity contribution in [2.45, 2.75) is 29.7 Å². The van der Waals surface area contributed by atoms with E-state index in [2.05, 4.69) is 16.0 Å². The summed E-state index contributed by atoms with van der Waals surface area (Å²) in [6.45, 7) is 1.74. The minimum atomic E-state index is -4.70. The molecule has 43 heavy (non-hydrogen) atoms. The van der Waals surface area contributed by atoms with Crippen molar-refractivity contribution in [1.29, 1.82) is 0 Å². The molecule has 4 rings (SSSR count). The van der Waals surface area contributed by atoms with Crippen LogP contribution in [0.15, 0.2) is 100 Å². The lowest BCUT2D eigenvalue weighted by Gasteiger charge is -2.18. The molecule has 0 saturated heterocycles. The van der Waals surface area contributed by atoms with Crippen LogP contribution in [-0.2, 0) is 15.8 Å². The number of hydrogen-bond acceptors (Lipinski definition) is 5. The monoisotopic (exact) mass is 643 g/mol. The number of thiophene rings is 1. The summed E-state index contributed by atoms with van der Waals surface area (Å²) in [5, 5.41) is 10.7. The van der Waals surface area contributed by atoms with E-state index in [1.54, 1.807) is 67.6 Å². The normalized spacial score (nSPS) is 12.3. The molecule has 1 aromatic heterocycles. The van der Waals surface area contributed by atoms with Gasteiger partial charge in [-0.2, -0.15) is 24.5 Å². The van der Waals surface area contributed by atoms with Crippen LogP contribution in [-0.4, -0.2) is 23.0 Å². The average molecular weight is 644 g/mol. The molecule has 0 spiro atoms. The summed E-state index contributed by atoms with van der Waals surface area (Å²) < 4.78 is 40.5. The molecule has 0 radical (unpaired) electrons. The van der Waals surface area contributed by atoms with Crippen LogP contribution in [0.25, 0.3) is 6.08 Å². The topological polar surface area (TPSA) is 87.3 Å². The predicted octanol–water partition coefficient (Wildman–Crippen LogP) is 8.34. The number of benzene rings is 3. The van der Waals surface area contributed by atoms with E-state index in [1.165, 1.54) is 17.4 Å². The molecule has 0 aliphatic heterocycles. The molecular formula is C31H25ClF3N3O3S2. The number of alkyl halides is 3. The summed E-state index contributed by atoms with van der Waals surface area (Å²) in [7, 11) is 0. The Hall–Kier alpha value is -4.06. The van der Waals surface area contributed by atoms with Crippen LogP contribution in [0.3, 0.4) is 0 Å².